The number of aliphatic hydroxyl groups excluding tert-OH is 1. The Labute approximate surface area is 101 Å². The molecule has 1 aromatic heterocycles. The van der Waals surface area contributed by atoms with Crippen molar-refractivity contribution in [3.63, 3.8) is 0 Å². The number of alkyl halides is 3. The Morgan fingerprint density at radius 2 is 2.06 bits per heavy atom. The zero-order valence-electron chi connectivity index (χ0n) is 9.57. The minimum absolute atomic E-state index is 0.291. The lowest BCUT2D eigenvalue weighted by Gasteiger charge is -2.21. The number of para-hydroxylation sites is 2. The van der Waals surface area contributed by atoms with Gasteiger partial charge in [0.1, 0.15) is 0 Å². The van der Waals surface area contributed by atoms with E-state index in [4.69, 9.17) is 5.11 Å². The molecule has 2 rings (SSSR count). The van der Waals surface area contributed by atoms with Crippen LogP contribution < -0.4 is 4.90 Å². The highest BCUT2D eigenvalue weighted by Gasteiger charge is 2.39. The molecular weight excluding hydrogens is 247 g/mol. The summed E-state index contributed by atoms with van der Waals surface area (Å²) >= 11 is 0. The Morgan fingerprint density at radius 1 is 1.39 bits per heavy atom. The van der Waals surface area contributed by atoms with E-state index in [1.54, 1.807) is 24.3 Å². The van der Waals surface area contributed by atoms with Gasteiger partial charge in [0.15, 0.2) is 6.10 Å². The van der Waals surface area contributed by atoms with Crippen molar-refractivity contribution >= 4 is 17.0 Å². The number of nitrogens with one attached hydrogen (secondary N) is 1. The summed E-state index contributed by atoms with van der Waals surface area (Å²) in [6, 6.07) is 7.12. The fourth-order valence-electron chi connectivity index (χ4n) is 1.57. The summed E-state index contributed by atoms with van der Waals surface area (Å²) in [6.45, 7) is -0.566. The first-order chi connectivity index (χ1) is 8.38. The predicted octanol–water partition coefficient (Wildman–Crippen LogP) is 1.92. The standard InChI is InChI=1S/C11H12F3N3O/c1-17(6-9(18)11(12,13)14)10-15-7-4-2-3-5-8(7)16-10/h2-5,9,18H,6H2,1H3,(H,15,16)/t9-/m1/s1. The van der Waals surface area contributed by atoms with E-state index in [0.29, 0.717) is 11.5 Å². The lowest BCUT2D eigenvalue weighted by Crippen LogP contribution is -2.39. The highest BCUT2D eigenvalue weighted by atomic mass is 19.4. The average molecular weight is 259 g/mol. The lowest BCUT2D eigenvalue weighted by atomic mass is 10.3. The zero-order chi connectivity index (χ0) is 13.3. The topological polar surface area (TPSA) is 52.1 Å². The Hall–Kier alpha value is -1.76. The van der Waals surface area contributed by atoms with Gasteiger partial charge in [-0.25, -0.2) is 4.98 Å². The molecule has 0 spiro atoms. The zero-order valence-corrected chi connectivity index (χ0v) is 9.57. The molecule has 0 saturated heterocycles. The van der Waals surface area contributed by atoms with Gasteiger partial charge in [-0.05, 0) is 12.1 Å². The molecule has 1 atom stereocenters. The summed E-state index contributed by atoms with van der Waals surface area (Å²) in [7, 11) is 1.44. The van der Waals surface area contributed by atoms with Crippen LogP contribution in [0.2, 0.25) is 0 Å². The molecule has 1 aromatic carbocycles. The second-order valence-corrected chi connectivity index (χ2v) is 4.02. The molecule has 0 aliphatic carbocycles. The van der Waals surface area contributed by atoms with Crippen LogP contribution in [-0.2, 0) is 0 Å². The van der Waals surface area contributed by atoms with E-state index in [1.807, 2.05) is 0 Å². The first-order valence-electron chi connectivity index (χ1n) is 5.28. The molecule has 0 bridgehead atoms. The minimum Gasteiger partial charge on any atom is -0.382 e. The van der Waals surface area contributed by atoms with Crippen LogP contribution in [0.5, 0.6) is 0 Å². The van der Waals surface area contributed by atoms with Gasteiger partial charge < -0.3 is 15.0 Å². The maximum absolute atomic E-state index is 12.2. The third-order valence-corrected chi connectivity index (χ3v) is 2.56. The van der Waals surface area contributed by atoms with Crippen molar-refractivity contribution in [3.8, 4) is 0 Å². The quantitative estimate of drug-likeness (QED) is 0.885. The van der Waals surface area contributed by atoms with Gasteiger partial charge >= 0.3 is 6.18 Å². The number of anilines is 1. The molecule has 0 amide bonds. The number of imidazole rings is 1. The van der Waals surface area contributed by atoms with E-state index < -0.39 is 18.8 Å². The molecule has 7 heteroatoms. The Morgan fingerprint density at radius 3 is 2.67 bits per heavy atom. The number of fused-ring (bicyclic) bond motifs is 1. The van der Waals surface area contributed by atoms with Gasteiger partial charge in [0.25, 0.3) is 0 Å². The summed E-state index contributed by atoms with van der Waals surface area (Å²) in [5.41, 5.74) is 1.40. The number of aliphatic hydroxyl groups is 1. The van der Waals surface area contributed by atoms with Crippen molar-refractivity contribution in [3.05, 3.63) is 24.3 Å². The second-order valence-electron chi connectivity index (χ2n) is 4.02. The minimum atomic E-state index is -4.62. The fraction of sp³-hybridized carbons (Fsp3) is 0.364. The van der Waals surface area contributed by atoms with Crippen molar-refractivity contribution in [2.45, 2.75) is 12.3 Å². The molecule has 0 radical (unpaired) electrons. The molecule has 0 aliphatic heterocycles. The lowest BCUT2D eigenvalue weighted by molar-refractivity contribution is -0.200. The maximum Gasteiger partial charge on any atom is 0.416 e. The van der Waals surface area contributed by atoms with Crippen molar-refractivity contribution in [2.75, 3.05) is 18.5 Å². The first-order valence-corrected chi connectivity index (χ1v) is 5.28. The SMILES string of the molecule is CN(C[C@@H](O)C(F)(F)F)c1nc2ccccc2[nH]1. The van der Waals surface area contributed by atoms with Crippen LogP contribution in [0.4, 0.5) is 19.1 Å². The Bertz CT molecular complexity index is 505. The number of rotatable bonds is 3. The predicted molar refractivity (Wildman–Crippen MR) is 61.4 cm³/mol. The highest BCUT2D eigenvalue weighted by molar-refractivity contribution is 5.77. The smallest absolute Gasteiger partial charge is 0.382 e. The van der Waals surface area contributed by atoms with Crippen molar-refractivity contribution in [2.24, 2.45) is 0 Å². The molecule has 2 aromatic rings. The van der Waals surface area contributed by atoms with Crippen LogP contribution in [0.25, 0.3) is 11.0 Å². The van der Waals surface area contributed by atoms with Crippen LogP contribution in [0, 0.1) is 0 Å². The largest absolute Gasteiger partial charge is 0.416 e. The Kier molecular flexibility index (Phi) is 3.16. The summed E-state index contributed by atoms with van der Waals surface area (Å²) < 4.78 is 36.7. The summed E-state index contributed by atoms with van der Waals surface area (Å²) in [4.78, 5) is 8.26. The van der Waals surface area contributed by atoms with E-state index >= 15 is 0 Å². The third kappa shape index (κ3) is 2.56. The molecule has 0 unspecified atom stereocenters. The van der Waals surface area contributed by atoms with Crippen LogP contribution >= 0.6 is 0 Å². The summed E-state index contributed by atoms with van der Waals surface area (Å²) in [5, 5.41) is 8.98. The molecule has 1 heterocycles. The number of aromatic amines is 1. The molecule has 4 nitrogen and oxygen atoms in total. The number of hydrogen-bond acceptors (Lipinski definition) is 3. The number of aromatic nitrogens is 2. The number of likely N-dealkylation sites (N-methyl/N-ethyl adjacent to an activating group) is 1. The van der Waals surface area contributed by atoms with Gasteiger partial charge in [-0.2, -0.15) is 13.2 Å². The van der Waals surface area contributed by atoms with E-state index in [9.17, 15) is 13.2 Å². The molecule has 0 saturated carbocycles. The van der Waals surface area contributed by atoms with Gasteiger partial charge in [0, 0.05) is 7.05 Å². The van der Waals surface area contributed by atoms with Gasteiger partial charge in [0.2, 0.25) is 5.95 Å². The highest BCUT2D eigenvalue weighted by Crippen LogP contribution is 2.22. The maximum atomic E-state index is 12.2. The van der Waals surface area contributed by atoms with E-state index in [-0.39, 0.29) is 0 Å². The van der Waals surface area contributed by atoms with Crippen molar-refractivity contribution in [1.29, 1.82) is 0 Å². The number of benzene rings is 1. The monoisotopic (exact) mass is 259 g/mol. The van der Waals surface area contributed by atoms with Gasteiger partial charge in [-0.15, -0.1) is 0 Å². The number of nitrogens with zero attached hydrogens (tertiary/aromatic N) is 2. The van der Waals surface area contributed by atoms with E-state index in [1.165, 1.54) is 11.9 Å². The van der Waals surface area contributed by atoms with Gasteiger partial charge in [-0.1, -0.05) is 12.1 Å². The summed E-state index contributed by atoms with van der Waals surface area (Å²) in [6.07, 6.45) is -7.02. The fourth-order valence-corrected chi connectivity index (χ4v) is 1.57. The van der Waals surface area contributed by atoms with Crippen LogP contribution in [0.1, 0.15) is 0 Å². The molecule has 98 valence electrons. The molecule has 18 heavy (non-hydrogen) atoms. The van der Waals surface area contributed by atoms with Gasteiger partial charge in [0.05, 0.1) is 17.6 Å². The summed E-state index contributed by atoms with van der Waals surface area (Å²) in [5.74, 6) is 0.291. The molecular formula is C11H12F3N3O. The normalized spacial score (nSPS) is 13.8. The number of hydrogen-bond donors (Lipinski definition) is 2. The second kappa shape index (κ2) is 4.49. The first kappa shape index (κ1) is 12.7. The van der Waals surface area contributed by atoms with Crippen LogP contribution in [0.15, 0.2) is 24.3 Å². The Balaban J connectivity index is 2.16. The van der Waals surface area contributed by atoms with E-state index in [2.05, 4.69) is 9.97 Å². The van der Waals surface area contributed by atoms with Crippen molar-refractivity contribution < 1.29 is 18.3 Å². The molecule has 0 aliphatic rings. The molecule has 0 fully saturated rings. The van der Waals surface area contributed by atoms with Crippen molar-refractivity contribution in [1.82, 2.24) is 9.97 Å². The van der Waals surface area contributed by atoms with Crippen LogP contribution in [0.3, 0.4) is 0 Å². The van der Waals surface area contributed by atoms with E-state index in [0.717, 1.165) is 5.52 Å². The number of H-pyrrole nitrogens is 1. The third-order valence-electron chi connectivity index (χ3n) is 2.56. The molecule has 2 N–H and O–H groups in total. The van der Waals surface area contributed by atoms with Crippen LogP contribution in [-0.4, -0.2) is 40.9 Å². The van der Waals surface area contributed by atoms with Gasteiger partial charge in [-0.3, -0.25) is 0 Å². The number of halogens is 3. The average Bonchev–Trinajstić information content (AvgIpc) is 2.71.